The first-order valence-electron chi connectivity index (χ1n) is 4.69. The SMILES string of the molecule is CC(C)CC(CON)C(C)(C)C. The lowest BCUT2D eigenvalue weighted by Gasteiger charge is -2.31. The number of rotatable bonds is 4. The summed E-state index contributed by atoms with van der Waals surface area (Å²) in [6.07, 6.45) is 1.18. The molecular weight excluding hydrogens is 150 g/mol. The lowest BCUT2D eigenvalue weighted by Crippen LogP contribution is -2.27. The monoisotopic (exact) mass is 173 g/mol. The third-order valence-electron chi connectivity index (χ3n) is 2.28. The molecule has 0 heterocycles. The number of hydrogen-bond donors (Lipinski definition) is 1. The molecule has 12 heavy (non-hydrogen) atoms. The topological polar surface area (TPSA) is 35.2 Å². The molecule has 0 aromatic carbocycles. The second-order valence-electron chi connectivity index (χ2n) is 5.03. The Morgan fingerprint density at radius 3 is 2.00 bits per heavy atom. The van der Waals surface area contributed by atoms with Gasteiger partial charge in [-0.25, -0.2) is 5.90 Å². The highest BCUT2D eigenvalue weighted by Crippen LogP contribution is 2.30. The molecule has 1 atom stereocenters. The minimum absolute atomic E-state index is 0.295. The molecule has 0 aromatic heterocycles. The van der Waals surface area contributed by atoms with Gasteiger partial charge < -0.3 is 4.84 Å². The van der Waals surface area contributed by atoms with Crippen LogP contribution in [0, 0.1) is 17.3 Å². The van der Waals surface area contributed by atoms with Crippen molar-refractivity contribution in [3.8, 4) is 0 Å². The Balaban J connectivity index is 4.04. The highest BCUT2D eigenvalue weighted by atomic mass is 16.6. The Morgan fingerprint density at radius 1 is 1.25 bits per heavy atom. The summed E-state index contributed by atoms with van der Waals surface area (Å²) in [5, 5.41) is 0. The summed E-state index contributed by atoms with van der Waals surface area (Å²) in [5.41, 5.74) is 0.295. The van der Waals surface area contributed by atoms with Crippen LogP contribution < -0.4 is 5.90 Å². The van der Waals surface area contributed by atoms with E-state index in [-0.39, 0.29) is 0 Å². The van der Waals surface area contributed by atoms with Crippen LogP contribution in [0.3, 0.4) is 0 Å². The van der Waals surface area contributed by atoms with Gasteiger partial charge in [0.05, 0.1) is 6.61 Å². The van der Waals surface area contributed by atoms with Gasteiger partial charge >= 0.3 is 0 Å². The van der Waals surface area contributed by atoms with Crippen molar-refractivity contribution in [1.29, 1.82) is 0 Å². The molecule has 2 N–H and O–H groups in total. The molecule has 0 bridgehead atoms. The lowest BCUT2D eigenvalue weighted by atomic mass is 9.77. The van der Waals surface area contributed by atoms with Gasteiger partial charge in [0.2, 0.25) is 0 Å². The van der Waals surface area contributed by atoms with Gasteiger partial charge in [-0.1, -0.05) is 34.6 Å². The van der Waals surface area contributed by atoms with Gasteiger partial charge in [-0.2, -0.15) is 0 Å². The van der Waals surface area contributed by atoms with Crippen LogP contribution in [0.15, 0.2) is 0 Å². The van der Waals surface area contributed by atoms with Crippen molar-refractivity contribution in [2.45, 2.75) is 41.0 Å². The zero-order chi connectivity index (χ0) is 9.78. The average molecular weight is 173 g/mol. The minimum Gasteiger partial charge on any atom is -0.304 e. The smallest absolute Gasteiger partial charge is 0.0712 e. The van der Waals surface area contributed by atoms with Crippen LogP contribution in [-0.4, -0.2) is 6.61 Å². The van der Waals surface area contributed by atoms with E-state index in [1.165, 1.54) is 6.42 Å². The first kappa shape index (κ1) is 11.9. The number of nitrogens with two attached hydrogens (primary N) is 1. The summed E-state index contributed by atoms with van der Waals surface area (Å²) in [4.78, 5) is 4.73. The van der Waals surface area contributed by atoms with Crippen molar-refractivity contribution in [3.63, 3.8) is 0 Å². The van der Waals surface area contributed by atoms with Crippen molar-refractivity contribution in [2.75, 3.05) is 6.61 Å². The second-order valence-corrected chi connectivity index (χ2v) is 5.03. The van der Waals surface area contributed by atoms with E-state index >= 15 is 0 Å². The molecule has 0 fully saturated rings. The normalized spacial score (nSPS) is 15.2. The van der Waals surface area contributed by atoms with Crippen molar-refractivity contribution in [3.05, 3.63) is 0 Å². The quantitative estimate of drug-likeness (QED) is 0.663. The van der Waals surface area contributed by atoms with E-state index in [4.69, 9.17) is 10.7 Å². The van der Waals surface area contributed by atoms with Crippen LogP contribution in [0.25, 0.3) is 0 Å². The van der Waals surface area contributed by atoms with Crippen LogP contribution in [-0.2, 0) is 4.84 Å². The molecule has 0 radical (unpaired) electrons. The molecular formula is C10H23NO. The molecule has 0 aliphatic carbocycles. The van der Waals surface area contributed by atoms with E-state index in [0.717, 1.165) is 0 Å². The molecule has 74 valence electrons. The van der Waals surface area contributed by atoms with E-state index in [1.807, 2.05) is 0 Å². The molecule has 0 rings (SSSR count). The second kappa shape index (κ2) is 4.83. The van der Waals surface area contributed by atoms with Crippen LogP contribution in [0.2, 0.25) is 0 Å². The molecule has 0 saturated heterocycles. The molecule has 0 amide bonds. The first-order valence-corrected chi connectivity index (χ1v) is 4.69. The molecule has 0 aromatic rings. The maximum absolute atomic E-state index is 5.10. The Bertz CT molecular complexity index is 115. The van der Waals surface area contributed by atoms with Crippen molar-refractivity contribution in [2.24, 2.45) is 23.1 Å². The maximum Gasteiger partial charge on any atom is 0.0712 e. The summed E-state index contributed by atoms with van der Waals surface area (Å²) in [6, 6.07) is 0. The van der Waals surface area contributed by atoms with Crippen molar-refractivity contribution >= 4 is 0 Å². The van der Waals surface area contributed by atoms with E-state index in [0.29, 0.717) is 23.9 Å². The fraction of sp³-hybridized carbons (Fsp3) is 1.00. The first-order chi connectivity index (χ1) is 5.38. The van der Waals surface area contributed by atoms with E-state index in [2.05, 4.69) is 34.6 Å². The Morgan fingerprint density at radius 2 is 1.75 bits per heavy atom. The molecule has 2 heteroatoms. The molecule has 2 nitrogen and oxygen atoms in total. The van der Waals surface area contributed by atoms with E-state index in [9.17, 15) is 0 Å². The predicted molar refractivity (Wildman–Crippen MR) is 52.5 cm³/mol. The van der Waals surface area contributed by atoms with Gasteiger partial charge in [-0.05, 0) is 23.7 Å². The van der Waals surface area contributed by atoms with Crippen LogP contribution >= 0.6 is 0 Å². The summed E-state index contributed by atoms with van der Waals surface area (Å²) in [6.45, 7) is 11.8. The van der Waals surface area contributed by atoms with Crippen LogP contribution in [0.5, 0.6) is 0 Å². The molecule has 0 spiro atoms. The molecule has 0 aliphatic heterocycles. The third-order valence-corrected chi connectivity index (χ3v) is 2.28. The average Bonchev–Trinajstić information content (AvgIpc) is 1.83. The molecule has 0 aliphatic rings. The highest BCUT2D eigenvalue weighted by Gasteiger charge is 2.25. The number of hydrogen-bond acceptors (Lipinski definition) is 2. The van der Waals surface area contributed by atoms with E-state index in [1.54, 1.807) is 0 Å². The van der Waals surface area contributed by atoms with Crippen molar-refractivity contribution < 1.29 is 4.84 Å². The van der Waals surface area contributed by atoms with Gasteiger partial charge in [0.15, 0.2) is 0 Å². The van der Waals surface area contributed by atoms with Gasteiger partial charge in [-0.3, -0.25) is 0 Å². The maximum atomic E-state index is 5.10. The van der Waals surface area contributed by atoms with Gasteiger partial charge in [-0.15, -0.1) is 0 Å². The Kier molecular flexibility index (Phi) is 4.80. The molecule has 0 saturated carbocycles. The van der Waals surface area contributed by atoms with Gasteiger partial charge in [0, 0.05) is 0 Å². The van der Waals surface area contributed by atoms with Gasteiger partial charge in [0.1, 0.15) is 0 Å². The fourth-order valence-corrected chi connectivity index (χ4v) is 1.36. The van der Waals surface area contributed by atoms with Crippen LogP contribution in [0.1, 0.15) is 41.0 Å². The Labute approximate surface area is 76.4 Å². The lowest BCUT2D eigenvalue weighted by molar-refractivity contribution is 0.0449. The largest absolute Gasteiger partial charge is 0.304 e. The zero-order valence-corrected chi connectivity index (χ0v) is 9.05. The van der Waals surface area contributed by atoms with Crippen LogP contribution in [0.4, 0.5) is 0 Å². The zero-order valence-electron chi connectivity index (χ0n) is 9.05. The summed E-state index contributed by atoms with van der Waals surface area (Å²) < 4.78 is 0. The fourth-order valence-electron chi connectivity index (χ4n) is 1.36. The summed E-state index contributed by atoms with van der Waals surface area (Å²) in [7, 11) is 0. The van der Waals surface area contributed by atoms with E-state index < -0.39 is 0 Å². The molecule has 1 unspecified atom stereocenters. The highest BCUT2D eigenvalue weighted by molar-refractivity contribution is 4.74. The summed E-state index contributed by atoms with van der Waals surface area (Å²) >= 11 is 0. The minimum atomic E-state index is 0.295. The standard InChI is InChI=1S/C10H23NO/c1-8(2)6-9(7-12-11)10(3,4)5/h8-9H,6-7,11H2,1-5H3. The van der Waals surface area contributed by atoms with Crippen molar-refractivity contribution in [1.82, 2.24) is 0 Å². The predicted octanol–water partition coefficient (Wildman–Crippen LogP) is 2.59. The Hall–Kier alpha value is -0.0800. The third kappa shape index (κ3) is 4.73. The summed E-state index contributed by atoms with van der Waals surface area (Å²) in [5.74, 6) is 6.37. The van der Waals surface area contributed by atoms with Gasteiger partial charge in [0.25, 0.3) is 0 Å².